The first-order valence-electron chi connectivity index (χ1n) is 6.98. The highest BCUT2D eigenvalue weighted by molar-refractivity contribution is 7.11. The van der Waals surface area contributed by atoms with E-state index in [-0.39, 0.29) is 30.1 Å². The Morgan fingerprint density at radius 1 is 1.10 bits per heavy atom. The molecule has 1 unspecified atom stereocenters. The second kappa shape index (κ2) is 7.35. The first kappa shape index (κ1) is 18.8. The van der Waals surface area contributed by atoms with Crippen molar-refractivity contribution in [2.75, 3.05) is 0 Å². The minimum absolute atomic E-state index is 0. The molecule has 1 atom stereocenters. The highest BCUT2D eigenvalue weighted by Gasteiger charge is 2.32. The van der Waals surface area contributed by atoms with E-state index in [0.29, 0.717) is 0 Å². The zero-order valence-corrected chi connectivity index (χ0v) is 17.6. The molecule has 1 aromatic carbocycles. The summed E-state index contributed by atoms with van der Waals surface area (Å²) in [6.45, 7) is 11.1. The molecule has 1 heterocycles. The van der Waals surface area contributed by atoms with Crippen molar-refractivity contribution in [3.63, 3.8) is 0 Å². The molecule has 0 aliphatic heterocycles. The fraction of sp³-hybridized carbons (Fsp3) is 0.438. The number of aryl methyl sites for hydroxylation is 1. The lowest BCUT2D eigenvalue weighted by atomic mass is 10.1. The Morgan fingerprint density at radius 3 is 2.10 bits per heavy atom. The Morgan fingerprint density at radius 2 is 1.67 bits per heavy atom. The molecule has 0 saturated heterocycles. The van der Waals surface area contributed by atoms with Gasteiger partial charge < -0.3 is 28.4 Å². The number of halogens is 1. The van der Waals surface area contributed by atoms with Crippen molar-refractivity contribution < 1.29 is 33.0 Å². The van der Waals surface area contributed by atoms with Crippen LogP contribution < -0.4 is 28.5 Å². The summed E-state index contributed by atoms with van der Waals surface area (Å²) in [5, 5.41) is 1.29. The average Bonchev–Trinajstić information content (AvgIpc) is 2.64. The largest absolute Gasteiger partial charge is 1.00 e. The van der Waals surface area contributed by atoms with Crippen LogP contribution in [0.1, 0.15) is 27.2 Å². The van der Waals surface area contributed by atoms with E-state index in [0.717, 1.165) is 0 Å². The Labute approximate surface area is 150 Å². The number of aromatic nitrogens is 1. The zero-order chi connectivity index (χ0) is 14.9. The quantitative estimate of drug-likeness (QED) is 0.401. The van der Waals surface area contributed by atoms with Crippen molar-refractivity contribution in [2.45, 2.75) is 39.6 Å². The molecule has 0 radical (unpaired) electrons. The Kier molecular flexibility index (Phi) is 6.58. The van der Waals surface area contributed by atoms with Crippen molar-refractivity contribution >= 4 is 19.7 Å². The third-order valence-electron chi connectivity index (χ3n) is 3.40. The van der Waals surface area contributed by atoms with Gasteiger partial charge in [0.25, 0.3) is 5.01 Å². The summed E-state index contributed by atoms with van der Waals surface area (Å²) in [5.74, 6) is 0. The Hall–Kier alpha value is -0.243. The summed E-state index contributed by atoms with van der Waals surface area (Å²) in [6.07, 6.45) is 0.0465. The predicted molar refractivity (Wildman–Crippen MR) is 87.7 cm³/mol. The fourth-order valence-electron chi connectivity index (χ4n) is 2.17. The van der Waals surface area contributed by atoms with E-state index in [9.17, 15) is 0 Å². The van der Waals surface area contributed by atoms with Gasteiger partial charge in [-0.2, -0.15) is 4.57 Å². The number of hydrogen-bond acceptors (Lipinski definition) is 2. The van der Waals surface area contributed by atoms with Crippen molar-refractivity contribution in [1.82, 2.24) is 0 Å². The topological polar surface area (TPSA) is 13.1 Å². The van der Waals surface area contributed by atoms with Gasteiger partial charge in [-0.05, 0) is 32.1 Å². The normalized spacial score (nSPS) is 12.9. The van der Waals surface area contributed by atoms with E-state index < -0.39 is 8.32 Å². The fourth-order valence-corrected chi connectivity index (χ4v) is 4.38. The van der Waals surface area contributed by atoms with Gasteiger partial charge in [0.2, 0.25) is 0 Å². The maximum Gasteiger partial charge on any atom is 0.270 e. The predicted octanol–water partition coefficient (Wildman–Crippen LogP) is 1.13. The lowest BCUT2D eigenvalue weighted by Crippen LogP contribution is -3.00. The lowest BCUT2D eigenvalue weighted by Gasteiger charge is -2.24. The Bertz CT molecular complexity index is 592. The third kappa shape index (κ3) is 4.61. The molecular weight excluding hydrogens is 409 g/mol. The molecule has 0 saturated carbocycles. The molecule has 116 valence electrons. The van der Waals surface area contributed by atoms with Crippen LogP contribution in [0.15, 0.2) is 30.3 Å². The minimum atomic E-state index is -1.62. The number of hydrogen-bond donors (Lipinski definition) is 0. The van der Waals surface area contributed by atoms with Crippen LogP contribution in [0.5, 0.6) is 0 Å². The molecule has 0 spiro atoms. The van der Waals surface area contributed by atoms with Crippen molar-refractivity contribution in [1.29, 1.82) is 0 Å². The first-order valence-corrected chi connectivity index (χ1v) is 11.2. The van der Waals surface area contributed by atoms with Crippen LogP contribution in [0.4, 0.5) is 0 Å². The van der Waals surface area contributed by atoms with Gasteiger partial charge in [-0.1, -0.05) is 41.7 Å². The van der Waals surface area contributed by atoms with Crippen LogP contribution >= 0.6 is 11.3 Å². The molecule has 1 aromatic heterocycles. The van der Waals surface area contributed by atoms with Gasteiger partial charge in [0.1, 0.15) is 7.05 Å². The summed E-state index contributed by atoms with van der Waals surface area (Å²) in [5.41, 5.74) is 2.57. The molecule has 0 N–H and O–H groups in total. The third-order valence-corrected chi connectivity index (χ3v) is 5.64. The maximum atomic E-state index is 6.49. The molecule has 2 nitrogen and oxygen atoms in total. The second-order valence-electron chi connectivity index (χ2n) is 6.16. The van der Waals surface area contributed by atoms with Crippen molar-refractivity contribution in [3.05, 3.63) is 51.5 Å². The van der Waals surface area contributed by atoms with Crippen molar-refractivity contribution in [2.24, 2.45) is 7.05 Å². The molecule has 0 fully saturated rings. The van der Waals surface area contributed by atoms with E-state index in [1.165, 1.54) is 21.1 Å². The van der Waals surface area contributed by atoms with Crippen molar-refractivity contribution in [3.8, 4) is 0 Å². The van der Waals surface area contributed by atoms with Crippen LogP contribution in [0, 0.1) is 13.8 Å². The van der Waals surface area contributed by atoms with E-state index in [2.05, 4.69) is 75.4 Å². The van der Waals surface area contributed by atoms with Gasteiger partial charge >= 0.3 is 0 Å². The molecule has 0 aliphatic rings. The van der Waals surface area contributed by atoms with Gasteiger partial charge in [0.15, 0.2) is 20.1 Å². The molecule has 2 rings (SSSR count). The summed E-state index contributed by atoms with van der Waals surface area (Å²) < 4.78 is 8.76. The summed E-state index contributed by atoms with van der Waals surface area (Å²) in [4.78, 5) is 1.36. The van der Waals surface area contributed by atoms with Crippen LogP contribution in [0.3, 0.4) is 0 Å². The van der Waals surface area contributed by atoms with E-state index >= 15 is 0 Å². The summed E-state index contributed by atoms with van der Waals surface area (Å²) in [6, 6.07) is 10.6. The molecule has 0 bridgehead atoms. The van der Waals surface area contributed by atoms with Crippen LogP contribution in [0.25, 0.3) is 0 Å². The van der Waals surface area contributed by atoms with Crippen LogP contribution in [0.2, 0.25) is 19.6 Å². The van der Waals surface area contributed by atoms with Gasteiger partial charge in [0, 0.05) is 6.92 Å². The molecule has 21 heavy (non-hydrogen) atoms. The van der Waals surface area contributed by atoms with E-state index in [1.807, 2.05) is 11.3 Å². The number of rotatable bonds is 4. The Balaban J connectivity index is 0.00000220. The molecule has 2 aromatic rings. The van der Waals surface area contributed by atoms with Gasteiger partial charge in [0.05, 0.1) is 4.88 Å². The summed E-state index contributed by atoms with van der Waals surface area (Å²) >= 11 is 1.84. The van der Waals surface area contributed by atoms with Crippen LogP contribution in [-0.2, 0) is 11.5 Å². The number of nitrogens with zero attached hydrogens (tertiary/aromatic N) is 1. The lowest BCUT2D eigenvalue weighted by molar-refractivity contribution is -0.682. The summed E-state index contributed by atoms with van der Waals surface area (Å²) in [7, 11) is 0.513. The van der Waals surface area contributed by atoms with Gasteiger partial charge in [-0.3, -0.25) is 0 Å². The monoisotopic (exact) mass is 433 g/mol. The number of thiazole rings is 1. The minimum Gasteiger partial charge on any atom is -1.00 e. The number of benzene rings is 1. The first-order chi connectivity index (χ1) is 9.29. The molecule has 0 aliphatic carbocycles. The highest BCUT2D eigenvalue weighted by atomic mass is 127. The molecule has 0 amide bonds. The average molecular weight is 433 g/mol. The standard InChI is InChI=1S/C16H24NOSSi.HI/c1-12-13(2)19-16(17(12)3)15(18-20(4,5)6)14-10-8-7-9-11-14;/h7-11,15H,1-6H3;1H/q+1;/p-1. The molecular formula is C16H24INOSSi. The van der Waals surface area contributed by atoms with E-state index in [4.69, 9.17) is 4.43 Å². The van der Waals surface area contributed by atoms with Gasteiger partial charge in [-0.15, -0.1) is 0 Å². The maximum absolute atomic E-state index is 6.49. The smallest absolute Gasteiger partial charge is 0.270 e. The van der Waals surface area contributed by atoms with Crippen LogP contribution in [-0.4, -0.2) is 8.32 Å². The molecule has 5 heteroatoms. The van der Waals surface area contributed by atoms with Gasteiger partial charge in [-0.25, -0.2) is 0 Å². The van der Waals surface area contributed by atoms with E-state index in [1.54, 1.807) is 0 Å². The second-order valence-corrected chi connectivity index (χ2v) is 11.9. The SMILES string of the molecule is Cc1sc(C(O[Si](C)(C)C)c2ccccc2)[n+](C)c1C.[I-]. The zero-order valence-electron chi connectivity index (χ0n) is 13.6. The highest BCUT2D eigenvalue weighted by Crippen LogP contribution is 2.31.